The van der Waals surface area contributed by atoms with Crippen LogP contribution in [0.25, 0.3) is 11.3 Å². The predicted molar refractivity (Wildman–Crippen MR) is 106 cm³/mol. The van der Waals surface area contributed by atoms with Gasteiger partial charge in [-0.1, -0.05) is 44.5 Å². The zero-order valence-corrected chi connectivity index (χ0v) is 16.6. The lowest BCUT2D eigenvalue weighted by atomic mass is 9.89. The van der Waals surface area contributed by atoms with E-state index in [-0.39, 0.29) is 11.3 Å². The number of hydrogen-bond acceptors (Lipinski definition) is 4. The molecule has 0 aliphatic heterocycles. The van der Waals surface area contributed by atoms with Crippen molar-refractivity contribution < 1.29 is 4.79 Å². The summed E-state index contributed by atoms with van der Waals surface area (Å²) in [4.78, 5) is 20.7. The maximum Gasteiger partial charge on any atom is 0.255 e. The van der Waals surface area contributed by atoms with Crippen LogP contribution in [0.2, 0.25) is 5.15 Å². The summed E-state index contributed by atoms with van der Waals surface area (Å²) in [6.45, 7) is 8.53. The Morgan fingerprint density at radius 3 is 2.67 bits per heavy atom. The quantitative estimate of drug-likeness (QED) is 0.665. The van der Waals surface area contributed by atoms with Crippen LogP contribution in [0.15, 0.2) is 36.8 Å². The Kier molecular flexibility index (Phi) is 5.28. The average Bonchev–Trinajstić information content (AvgIpc) is 3.10. The van der Waals surface area contributed by atoms with Crippen LogP contribution in [-0.2, 0) is 12.0 Å². The molecule has 0 saturated carbocycles. The van der Waals surface area contributed by atoms with Crippen LogP contribution >= 0.6 is 11.6 Å². The van der Waals surface area contributed by atoms with Crippen LogP contribution in [0.5, 0.6) is 0 Å². The van der Waals surface area contributed by atoms with Gasteiger partial charge in [-0.25, -0.2) is 9.97 Å². The zero-order chi connectivity index (χ0) is 19.6. The summed E-state index contributed by atoms with van der Waals surface area (Å²) in [6, 6.07) is 7.70. The van der Waals surface area contributed by atoms with Crippen LogP contribution in [0.3, 0.4) is 0 Å². The lowest BCUT2D eigenvalue weighted by Gasteiger charge is -2.17. The van der Waals surface area contributed by atoms with E-state index >= 15 is 0 Å². The number of nitrogens with zero attached hydrogens (tertiary/aromatic N) is 3. The molecule has 7 heteroatoms. The predicted octanol–water partition coefficient (Wildman–Crippen LogP) is 4.06. The minimum absolute atomic E-state index is 0.139. The number of benzene rings is 1. The summed E-state index contributed by atoms with van der Waals surface area (Å²) >= 11 is 5.94. The number of amides is 1. The average molecular weight is 384 g/mol. The van der Waals surface area contributed by atoms with Gasteiger partial charge in [-0.2, -0.15) is 5.10 Å². The van der Waals surface area contributed by atoms with Crippen molar-refractivity contribution in [2.45, 2.75) is 39.7 Å². The summed E-state index contributed by atoms with van der Waals surface area (Å²) < 4.78 is 0. The highest BCUT2D eigenvalue weighted by molar-refractivity contribution is 6.29. The van der Waals surface area contributed by atoms with Crippen molar-refractivity contribution in [3.05, 3.63) is 64.3 Å². The Hall–Kier alpha value is -2.73. The van der Waals surface area contributed by atoms with Gasteiger partial charge in [-0.05, 0) is 24.1 Å². The lowest BCUT2D eigenvalue weighted by Crippen LogP contribution is -2.26. The second-order valence-corrected chi connectivity index (χ2v) is 7.83. The van der Waals surface area contributed by atoms with Gasteiger partial charge in [-0.15, -0.1) is 0 Å². The highest BCUT2D eigenvalue weighted by Crippen LogP contribution is 2.24. The van der Waals surface area contributed by atoms with Crippen LogP contribution < -0.4 is 5.32 Å². The smallest absolute Gasteiger partial charge is 0.255 e. The molecule has 2 aromatic heterocycles. The number of nitrogens with one attached hydrogen (secondary N) is 2. The number of aromatic nitrogens is 4. The van der Waals surface area contributed by atoms with Crippen molar-refractivity contribution in [2.24, 2.45) is 0 Å². The fourth-order valence-electron chi connectivity index (χ4n) is 2.85. The van der Waals surface area contributed by atoms with E-state index in [1.54, 1.807) is 12.3 Å². The molecule has 0 bridgehead atoms. The molecule has 0 saturated heterocycles. The molecule has 0 atom stereocenters. The second-order valence-electron chi connectivity index (χ2n) is 7.45. The topological polar surface area (TPSA) is 83.6 Å². The Labute approximate surface area is 163 Å². The molecule has 2 heterocycles. The Balaban J connectivity index is 1.74. The first-order chi connectivity index (χ1) is 12.8. The first-order valence-corrected chi connectivity index (χ1v) is 9.03. The number of aromatic amines is 1. The van der Waals surface area contributed by atoms with E-state index in [0.717, 1.165) is 28.1 Å². The molecular formula is C20H22ClN5O. The van der Waals surface area contributed by atoms with Gasteiger partial charge in [0.1, 0.15) is 11.5 Å². The van der Waals surface area contributed by atoms with Crippen molar-refractivity contribution in [2.75, 3.05) is 0 Å². The summed E-state index contributed by atoms with van der Waals surface area (Å²) in [5.41, 5.74) is 4.95. The van der Waals surface area contributed by atoms with Crippen molar-refractivity contribution in [1.29, 1.82) is 0 Å². The van der Waals surface area contributed by atoms with Gasteiger partial charge in [0.05, 0.1) is 17.0 Å². The highest BCUT2D eigenvalue weighted by Gasteiger charge is 2.24. The Bertz CT molecular complexity index is 974. The van der Waals surface area contributed by atoms with Crippen molar-refractivity contribution in [1.82, 2.24) is 25.5 Å². The normalized spacial score (nSPS) is 11.4. The van der Waals surface area contributed by atoms with E-state index in [2.05, 4.69) is 25.5 Å². The SMILES string of the molecule is Cc1cc(-c2cc(Cl)ncn2)ccc1CNC(=O)c1c[nH]nc1C(C)(C)C. The molecule has 1 aromatic carbocycles. The van der Waals surface area contributed by atoms with E-state index in [4.69, 9.17) is 11.6 Å². The van der Waals surface area contributed by atoms with Crippen LogP contribution in [-0.4, -0.2) is 26.1 Å². The van der Waals surface area contributed by atoms with Gasteiger partial charge in [0.15, 0.2) is 0 Å². The summed E-state index contributed by atoms with van der Waals surface area (Å²) in [5, 5.41) is 10.4. The minimum Gasteiger partial charge on any atom is -0.348 e. The van der Waals surface area contributed by atoms with Crippen molar-refractivity contribution >= 4 is 17.5 Å². The lowest BCUT2D eigenvalue weighted by molar-refractivity contribution is 0.0948. The van der Waals surface area contributed by atoms with E-state index in [9.17, 15) is 4.79 Å². The molecule has 0 aliphatic rings. The van der Waals surface area contributed by atoms with E-state index < -0.39 is 0 Å². The fourth-order valence-corrected chi connectivity index (χ4v) is 3.00. The number of rotatable bonds is 4. The van der Waals surface area contributed by atoms with E-state index in [0.29, 0.717) is 17.3 Å². The number of carbonyl (C=O) groups excluding carboxylic acids is 1. The van der Waals surface area contributed by atoms with E-state index in [1.807, 2.05) is 45.9 Å². The minimum atomic E-state index is -0.205. The standard InChI is InChI=1S/C20H22ClN5O/c1-12-7-13(16-8-17(21)24-11-23-16)5-6-14(12)9-22-19(27)15-10-25-26-18(15)20(2,3)4/h5-8,10-11H,9H2,1-4H3,(H,22,27)(H,25,26). The fraction of sp³-hybridized carbons (Fsp3) is 0.300. The van der Waals surface area contributed by atoms with E-state index in [1.165, 1.54) is 6.33 Å². The van der Waals surface area contributed by atoms with Crippen LogP contribution in [0.1, 0.15) is 48.0 Å². The summed E-state index contributed by atoms with van der Waals surface area (Å²) in [5.74, 6) is -0.139. The third kappa shape index (κ3) is 4.34. The molecule has 6 nitrogen and oxygen atoms in total. The summed E-state index contributed by atoms with van der Waals surface area (Å²) in [7, 11) is 0. The number of H-pyrrole nitrogens is 1. The molecule has 0 unspecified atom stereocenters. The first-order valence-electron chi connectivity index (χ1n) is 8.65. The maximum absolute atomic E-state index is 12.6. The van der Waals surface area contributed by atoms with Gasteiger partial charge in [0.2, 0.25) is 0 Å². The molecular weight excluding hydrogens is 362 g/mol. The Morgan fingerprint density at radius 1 is 1.22 bits per heavy atom. The molecule has 3 rings (SSSR count). The molecule has 0 spiro atoms. The van der Waals surface area contributed by atoms with Gasteiger partial charge >= 0.3 is 0 Å². The van der Waals surface area contributed by atoms with Crippen LogP contribution in [0.4, 0.5) is 0 Å². The monoisotopic (exact) mass is 383 g/mol. The Morgan fingerprint density at radius 2 is 2.00 bits per heavy atom. The number of carbonyl (C=O) groups is 1. The van der Waals surface area contributed by atoms with Crippen molar-refractivity contribution in [3.8, 4) is 11.3 Å². The van der Waals surface area contributed by atoms with Crippen LogP contribution in [0, 0.1) is 6.92 Å². The molecule has 0 radical (unpaired) electrons. The third-order valence-electron chi connectivity index (χ3n) is 4.31. The van der Waals surface area contributed by atoms with Gasteiger partial charge < -0.3 is 5.32 Å². The number of aryl methyl sites for hydroxylation is 1. The molecule has 1 amide bonds. The largest absolute Gasteiger partial charge is 0.348 e. The molecule has 2 N–H and O–H groups in total. The molecule has 140 valence electrons. The molecule has 0 fully saturated rings. The third-order valence-corrected chi connectivity index (χ3v) is 4.51. The number of hydrogen-bond donors (Lipinski definition) is 2. The van der Waals surface area contributed by atoms with Gasteiger partial charge in [0.25, 0.3) is 5.91 Å². The summed E-state index contributed by atoms with van der Waals surface area (Å²) in [6.07, 6.45) is 3.09. The molecule has 27 heavy (non-hydrogen) atoms. The maximum atomic E-state index is 12.6. The first kappa shape index (κ1) is 19.0. The second kappa shape index (κ2) is 7.48. The highest BCUT2D eigenvalue weighted by atomic mass is 35.5. The van der Waals surface area contributed by atoms with Gasteiger partial charge in [-0.3, -0.25) is 9.89 Å². The van der Waals surface area contributed by atoms with Gasteiger partial charge in [0, 0.05) is 29.8 Å². The van der Waals surface area contributed by atoms with Crippen molar-refractivity contribution in [3.63, 3.8) is 0 Å². The molecule has 3 aromatic rings. The number of halogens is 1. The molecule has 0 aliphatic carbocycles. The zero-order valence-electron chi connectivity index (χ0n) is 15.8.